The van der Waals surface area contributed by atoms with Crippen LogP contribution in [-0.4, -0.2) is 24.4 Å². The topological polar surface area (TPSA) is 46.3 Å². The average molecular weight is 306 g/mol. The van der Waals surface area contributed by atoms with E-state index in [9.17, 15) is 4.79 Å². The van der Waals surface area contributed by atoms with Crippen LogP contribution in [0.25, 0.3) is 0 Å². The fraction of sp³-hybridized carbons (Fsp3) is 0.588. The summed E-state index contributed by atoms with van der Waals surface area (Å²) in [6, 6.07) is 2.04. The van der Waals surface area contributed by atoms with E-state index in [1.807, 2.05) is 23.4 Å². The Morgan fingerprint density at radius 3 is 2.81 bits per heavy atom. The Bertz CT molecular complexity index is 484. The molecule has 1 amide bonds. The van der Waals surface area contributed by atoms with Gasteiger partial charge in [0.1, 0.15) is 0 Å². The molecule has 1 heterocycles. The van der Waals surface area contributed by atoms with Crippen LogP contribution in [0.15, 0.2) is 11.4 Å². The van der Waals surface area contributed by atoms with E-state index in [4.69, 9.17) is 5.73 Å². The third kappa shape index (κ3) is 7.31. The molecule has 1 aromatic rings. The fourth-order valence-corrected chi connectivity index (χ4v) is 2.94. The highest BCUT2D eigenvalue weighted by Gasteiger charge is 2.10. The number of rotatable bonds is 8. The predicted molar refractivity (Wildman–Crippen MR) is 90.1 cm³/mol. The summed E-state index contributed by atoms with van der Waals surface area (Å²) in [4.78, 5) is 15.0. The zero-order valence-electron chi connectivity index (χ0n) is 13.2. The van der Waals surface area contributed by atoms with Crippen molar-refractivity contribution in [3.05, 3.63) is 21.9 Å². The van der Waals surface area contributed by atoms with E-state index >= 15 is 0 Å². The van der Waals surface area contributed by atoms with Crippen molar-refractivity contribution in [3.63, 3.8) is 0 Å². The second-order valence-electron chi connectivity index (χ2n) is 5.22. The summed E-state index contributed by atoms with van der Waals surface area (Å²) in [7, 11) is 1.87. The number of hydrogen-bond acceptors (Lipinski definition) is 3. The van der Waals surface area contributed by atoms with Gasteiger partial charge < -0.3 is 10.6 Å². The molecule has 1 aromatic heterocycles. The van der Waals surface area contributed by atoms with Gasteiger partial charge >= 0.3 is 0 Å². The number of carbonyl (C=O) groups is 1. The highest BCUT2D eigenvalue weighted by Crippen LogP contribution is 2.16. The molecule has 116 valence electrons. The van der Waals surface area contributed by atoms with Crippen molar-refractivity contribution in [1.29, 1.82) is 0 Å². The van der Waals surface area contributed by atoms with E-state index in [-0.39, 0.29) is 5.91 Å². The zero-order valence-corrected chi connectivity index (χ0v) is 14.0. The Balaban J connectivity index is 2.33. The summed E-state index contributed by atoms with van der Waals surface area (Å²) in [6.45, 7) is 3.25. The third-order valence-electron chi connectivity index (χ3n) is 3.30. The molecule has 0 saturated heterocycles. The molecule has 0 saturated carbocycles. The molecule has 0 spiro atoms. The first kappa shape index (κ1) is 17.7. The SMILES string of the molecule is CCCCCCCC(=O)N(C)Cc1cc(C#CCN)cs1. The molecule has 0 atom stereocenters. The monoisotopic (exact) mass is 306 g/mol. The number of amides is 1. The normalized spacial score (nSPS) is 10.0. The lowest BCUT2D eigenvalue weighted by molar-refractivity contribution is -0.130. The van der Waals surface area contributed by atoms with Crippen molar-refractivity contribution in [3.8, 4) is 11.8 Å². The van der Waals surface area contributed by atoms with Crippen molar-refractivity contribution in [1.82, 2.24) is 4.90 Å². The molecule has 0 bridgehead atoms. The smallest absolute Gasteiger partial charge is 0.222 e. The average Bonchev–Trinajstić information content (AvgIpc) is 2.92. The van der Waals surface area contributed by atoms with Crippen molar-refractivity contribution in [2.24, 2.45) is 5.73 Å². The number of unbranched alkanes of at least 4 members (excludes halogenated alkanes) is 4. The first-order chi connectivity index (χ1) is 10.2. The quantitative estimate of drug-likeness (QED) is 0.591. The minimum absolute atomic E-state index is 0.231. The first-order valence-corrected chi connectivity index (χ1v) is 8.55. The Labute approximate surface area is 132 Å². The second kappa shape index (κ2) is 10.4. The molecule has 0 radical (unpaired) electrons. The number of hydrogen-bond donors (Lipinski definition) is 1. The maximum Gasteiger partial charge on any atom is 0.222 e. The highest BCUT2D eigenvalue weighted by molar-refractivity contribution is 7.10. The van der Waals surface area contributed by atoms with Crippen molar-refractivity contribution >= 4 is 17.2 Å². The number of thiophene rings is 1. The molecule has 0 aliphatic carbocycles. The zero-order chi connectivity index (χ0) is 15.5. The minimum Gasteiger partial charge on any atom is -0.341 e. The number of nitrogens with two attached hydrogens (primary N) is 1. The molecule has 1 rings (SSSR count). The molecule has 0 fully saturated rings. The van der Waals surface area contributed by atoms with Crippen LogP contribution in [0, 0.1) is 11.8 Å². The van der Waals surface area contributed by atoms with Gasteiger partial charge in [-0.2, -0.15) is 0 Å². The van der Waals surface area contributed by atoms with Crippen LogP contribution >= 0.6 is 11.3 Å². The van der Waals surface area contributed by atoms with Gasteiger partial charge in [-0.05, 0) is 12.5 Å². The largest absolute Gasteiger partial charge is 0.341 e. The molecule has 3 nitrogen and oxygen atoms in total. The van der Waals surface area contributed by atoms with Crippen molar-refractivity contribution in [2.75, 3.05) is 13.6 Å². The lowest BCUT2D eigenvalue weighted by atomic mass is 10.1. The molecular formula is C17H26N2OS. The van der Waals surface area contributed by atoms with Crippen LogP contribution in [0.1, 0.15) is 55.9 Å². The second-order valence-corrected chi connectivity index (χ2v) is 6.22. The number of nitrogens with zero attached hydrogens (tertiary/aromatic N) is 1. The maximum absolute atomic E-state index is 12.0. The van der Waals surface area contributed by atoms with Crippen LogP contribution < -0.4 is 5.73 Å². The molecule has 21 heavy (non-hydrogen) atoms. The molecule has 0 aliphatic heterocycles. The summed E-state index contributed by atoms with van der Waals surface area (Å²) >= 11 is 1.64. The maximum atomic E-state index is 12.0. The summed E-state index contributed by atoms with van der Waals surface area (Å²) in [5, 5.41) is 2.01. The van der Waals surface area contributed by atoms with E-state index < -0.39 is 0 Å². The van der Waals surface area contributed by atoms with Gasteiger partial charge in [0.25, 0.3) is 0 Å². The Kier molecular flexibility index (Phi) is 8.80. The van der Waals surface area contributed by atoms with Gasteiger partial charge in [-0.1, -0.05) is 44.4 Å². The van der Waals surface area contributed by atoms with Gasteiger partial charge in [-0.3, -0.25) is 4.79 Å². The van der Waals surface area contributed by atoms with Crippen LogP contribution in [0.2, 0.25) is 0 Å². The summed E-state index contributed by atoms with van der Waals surface area (Å²) in [5.41, 5.74) is 6.34. The minimum atomic E-state index is 0.231. The van der Waals surface area contributed by atoms with Crippen LogP contribution in [-0.2, 0) is 11.3 Å². The van der Waals surface area contributed by atoms with E-state index in [1.165, 1.54) is 19.3 Å². The van der Waals surface area contributed by atoms with Crippen LogP contribution in [0.3, 0.4) is 0 Å². The molecule has 2 N–H and O–H groups in total. The first-order valence-electron chi connectivity index (χ1n) is 7.67. The van der Waals surface area contributed by atoms with Gasteiger partial charge in [0.2, 0.25) is 5.91 Å². The van der Waals surface area contributed by atoms with E-state index in [0.29, 0.717) is 19.5 Å². The van der Waals surface area contributed by atoms with Crippen molar-refractivity contribution < 1.29 is 4.79 Å². The lowest BCUT2D eigenvalue weighted by Gasteiger charge is -2.16. The van der Waals surface area contributed by atoms with Crippen molar-refractivity contribution in [2.45, 2.75) is 52.0 Å². The highest BCUT2D eigenvalue weighted by atomic mass is 32.1. The van der Waals surface area contributed by atoms with Crippen LogP contribution in [0.5, 0.6) is 0 Å². The third-order valence-corrected chi connectivity index (χ3v) is 4.22. The molecular weight excluding hydrogens is 280 g/mol. The molecule has 0 aromatic carbocycles. The number of carbonyl (C=O) groups excluding carboxylic acids is 1. The summed E-state index contributed by atoms with van der Waals surface area (Å²) < 4.78 is 0. The fourth-order valence-electron chi connectivity index (χ4n) is 2.07. The standard InChI is InChI=1S/C17H26N2OS/c1-3-4-5-6-7-10-17(20)19(2)13-16-12-15(14-21-16)9-8-11-18/h12,14H,3-7,10-11,13,18H2,1-2H3. The van der Waals surface area contributed by atoms with Gasteiger partial charge in [-0.25, -0.2) is 0 Å². The Morgan fingerprint density at radius 2 is 2.10 bits per heavy atom. The predicted octanol–water partition coefficient (Wildman–Crippen LogP) is 3.38. The van der Waals surface area contributed by atoms with Crippen LogP contribution in [0.4, 0.5) is 0 Å². The lowest BCUT2D eigenvalue weighted by Crippen LogP contribution is -2.25. The van der Waals surface area contributed by atoms with Gasteiger partial charge in [0.05, 0.1) is 13.1 Å². The Morgan fingerprint density at radius 1 is 1.33 bits per heavy atom. The van der Waals surface area contributed by atoms with E-state index in [1.54, 1.807) is 11.3 Å². The Hall–Kier alpha value is -1.31. The van der Waals surface area contributed by atoms with E-state index in [0.717, 1.165) is 23.3 Å². The summed E-state index contributed by atoms with van der Waals surface area (Å²) in [5.74, 6) is 6.09. The molecule has 0 unspecified atom stereocenters. The molecule has 4 heteroatoms. The van der Waals surface area contributed by atoms with Gasteiger partial charge in [-0.15, -0.1) is 11.3 Å². The van der Waals surface area contributed by atoms with E-state index in [2.05, 4.69) is 18.8 Å². The van der Waals surface area contributed by atoms with Gasteiger partial charge in [0.15, 0.2) is 0 Å². The summed E-state index contributed by atoms with van der Waals surface area (Å²) in [6.07, 6.45) is 6.56. The van der Waals surface area contributed by atoms with Gasteiger partial charge in [0, 0.05) is 29.3 Å². The molecule has 0 aliphatic rings.